The number of aryl methyl sites for hydroxylation is 1. The third kappa shape index (κ3) is 8.02. The van der Waals surface area contributed by atoms with Gasteiger partial charge in [-0.05, 0) is 68.3 Å². The molecule has 0 spiro atoms. The smallest absolute Gasteiger partial charge is 0.305 e. The van der Waals surface area contributed by atoms with Crippen LogP contribution in [0, 0.1) is 12.8 Å². The summed E-state index contributed by atoms with van der Waals surface area (Å²) in [5.74, 6) is 2.43. The fourth-order valence-electron chi connectivity index (χ4n) is 4.99. The number of pyridine rings is 1. The van der Waals surface area contributed by atoms with Crippen molar-refractivity contribution in [2.45, 2.75) is 51.5 Å². The van der Waals surface area contributed by atoms with Gasteiger partial charge in [-0.15, -0.1) is 0 Å². The van der Waals surface area contributed by atoms with E-state index in [0.717, 1.165) is 46.9 Å². The van der Waals surface area contributed by atoms with Crippen molar-refractivity contribution in [1.29, 1.82) is 0 Å². The number of nitrogens with one attached hydrogen (secondary N) is 2. The lowest BCUT2D eigenvalue weighted by molar-refractivity contribution is -0.136. The summed E-state index contributed by atoms with van der Waals surface area (Å²) in [6.07, 6.45) is 9.71. The number of rotatable bonds is 13. The molecule has 0 aliphatic heterocycles. The molecule has 4 rings (SSSR count). The maximum absolute atomic E-state index is 12.3. The number of aliphatic carboxylic acids is 1. The molecule has 2 aromatic heterocycles. The monoisotopic (exact) mass is 551 g/mol. The Morgan fingerprint density at radius 1 is 1.15 bits per heavy atom. The van der Waals surface area contributed by atoms with Crippen LogP contribution in [-0.2, 0) is 4.79 Å². The van der Waals surface area contributed by atoms with Crippen LogP contribution in [0.15, 0.2) is 53.1 Å². The van der Waals surface area contributed by atoms with Crippen molar-refractivity contribution < 1.29 is 23.8 Å². The number of aromatic nitrogens is 1. The highest BCUT2D eigenvalue weighted by Gasteiger charge is 2.28. The lowest BCUT2D eigenvalue weighted by Crippen LogP contribution is -2.26. The van der Waals surface area contributed by atoms with E-state index in [4.69, 9.17) is 14.3 Å². The number of benzene rings is 1. The molecule has 1 amide bonds. The summed E-state index contributed by atoms with van der Waals surface area (Å²) < 4.78 is 11.9. The third-order valence-corrected chi connectivity index (χ3v) is 7.64. The van der Waals surface area contributed by atoms with Crippen molar-refractivity contribution in [3.63, 3.8) is 0 Å². The summed E-state index contributed by atoms with van der Waals surface area (Å²) in [5.41, 5.74) is 3.45. The van der Waals surface area contributed by atoms with Crippen LogP contribution in [0.25, 0.3) is 11.3 Å². The highest BCUT2D eigenvalue weighted by molar-refractivity contribution is 7.98. The van der Waals surface area contributed by atoms with Gasteiger partial charge in [-0.1, -0.05) is 19.3 Å². The second-order valence-corrected chi connectivity index (χ2v) is 10.8. The van der Waals surface area contributed by atoms with Crippen LogP contribution in [0.2, 0.25) is 0 Å². The molecule has 1 fully saturated rings. The van der Waals surface area contributed by atoms with E-state index in [9.17, 15) is 9.59 Å². The van der Waals surface area contributed by atoms with Gasteiger partial charge in [0.25, 0.3) is 5.91 Å². The summed E-state index contributed by atoms with van der Waals surface area (Å²) in [7, 11) is 0. The molecule has 1 saturated carbocycles. The summed E-state index contributed by atoms with van der Waals surface area (Å²) in [5, 5.41) is 15.1. The average Bonchev–Trinajstić information content (AvgIpc) is 3.34. The number of carboxylic acid groups (broad SMARTS) is 1. The van der Waals surface area contributed by atoms with Crippen molar-refractivity contribution in [2.75, 3.05) is 30.5 Å². The normalized spacial score (nSPS) is 14.5. The van der Waals surface area contributed by atoms with Gasteiger partial charge in [-0.3, -0.25) is 9.59 Å². The van der Waals surface area contributed by atoms with Crippen molar-refractivity contribution in [3.8, 4) is 17.2 Å². The zero-order valence-corrected chi connectivity index (χ0v) is 23.4. The van der Waals surface area contributed by atoms with Crippen LogP contribution in [0.5, 0.6) is 5.88 Å². The standard InChI is InChI=1S/C30H37N3O5S/c1-20-25(18-26(38-20)23-10-13-27(32-19-23)37-16-17-39-2)29(21-6-4-3-5-7-21)33-24-11-8-22(9-12-24)30(36)31-15-14-28(34)35/h8-13,18-19,21,29,33H,3-7,14-17H2,1-2H3,(H,31,36)(H,34,35). The van der Waals surface area contributed by atoms with Gasteiger partial charge in [0, 0.05) is 46.9 Å². The van der Waals surface area contributed by atoms with Crippen LogP contribution < -0.4 is 15.4 Å². The minimum atomic E-state index is -0.940. The SMILES string of the molecule is CSCCOc1ccc(-c2cc(C(Nc3ccc(C(=O)NCCC(=O)O)cc3)C3CCCCC3)c(C)o2)cn1. The molecule has 0 bridgehead atoms. The van der Waals surface area contributed by atoms with Crippen molar-refractivity contribution in [2.24, 2.45) is 5.92 Å². The lowest BCUT2D eigenvalue weighted by Gasteiger charge is -2.31. The molecular formula is C30H37N3O5S. The topological polar surface area (TPSA) is 114 Å². The molecule has 0 radical (unpaired) electrons. The second-order valence-electron chi connectivity index (χ2n) is 9.85. The molecule has 1 atom stereocenters. The zero-order chi connectivity index (χ0) is 27.6. The number of nitrogens with zero attached hydrogens (tertiary/aromatic N) is 1. The van der Waals surface area contributed by atoms with E-state index >= 15 is 0 Å². The van der Waals surface area contributed by atoms with Crippen LogP contribution >= 0.6 is 11.8 Å². The minimum Gasteiger partial charge on any atom is -0.481 e. The van der Waals surface area contributed by atoms with E-state index in [0.29, 0.717) is 24.0 Å². The molecule has 9 heteroatoms. The van der Waals surface area contributed by atoms with Gasteiger partial charge in [0.05, 0.1) is 19.1 Å². The first-order chi connectivity index (χ1) is 18.9. The Labute approximate surface area is 233 Å². The van der Waals surface area contributed by atoms with Gasteiger partial charge in [0.15, 0.2) is 0 Å². The fourth-order valence-corrected chi connectivity index (χ4v) is 5.24. The molecular weight excluding hydrogens is 514 g/mol. The van der Waals surface area contributed by atoms with E-state index in [1.165, 1.54) is 19.3 Å². The number of carbonyl (C=O) groups is 2. The quantitative estimate of drug-likeness (QED) is 0.211. The first-order valence-corrected chi connectivity index (χ1v) is 14.9. The van der Waals surface area contributed by atoms with E-state index in [1.54, 1.807) is 30.1 Å². The Hall–Kier alpha value is -3.46. The predicted molar refractivity (Wildman–Crippen MR) is 155 cm³/mol. The Morgan fingerprint density at radius 3 is 2.59 bits per heavy atom. The van der Waals surface area contributed by atoms with Crippen LogP contribution in [0.1, 0.15) is 66.2 Å². The van der Waals surface area contributed by atoms with Crippen LogP contribution in [0.3, 0.4) is 0 Å². The Morgan fingerprint density at radius 2 is 1.92 bits per heavy atom. The molecule has 2 heterocycles. The molecule has 1 unspecified atom stereocenters. The number of hydrogen-bond acceptors (Lipinski definition) is 7. The van der Waals surface area contributed by atoms with Crippen LogP contribution in [-0.4, -0.2) is 47.1 Å². The molecule has 1 aromatic carbocycles. The van der Waals surface area contributed by atoms with E-state index < -0.39 is 5.97 Å². The van der Waals surface area contributed by atoms with Crippen molar-refractivity contribution in [3.05, 3.63) is 65.5 Å². The highest BCUT2D eigenvalue weighted by atomic mass is 32.2. The molecule has 1 aliphatic rings. The number of ether oxygens (including phenoxy) is 1. The molecule has 39 heavy (non-hydrogen) atoms. The Balaban J connectivity index is 1.50. The summed E-state index contributed by atoms with van der Waals surface area (Å²) in [4.78, 5) is 27.5. The maximum atomic E-state index is 12.3. The predicted octanol–water partition coefficient (Wildman–Crippen LogP) is 6.33. The summed E-state index contributed by atoms with van der Waals surface area (Å²) in [6, 6.07) is 13.4. The molecule has 208 valence electrons. The van der Waals surface area contributed by atoms with Crippen molar-refractivity contribution >= 4 is 29.3 Å². The number of anilines is 1. The lowest BCUT2D eigenvalue weighted by atomic mass is 9.81. The number of furan rings is 1. The van der Waals surface area contributed by atoms with Gasteiger partial charge in [-0.2, -0.15) is 11.8 Å². The number of hydrogen-bond donors (Lipinski definition) is 3. The zero-order valence-electron chi connectivity index (χ0n) is 22.6. The molecule has 3 N–H and O–H groups in total. The number of carbonyl (C=O) groups excluding carboxylic acids is 1. The highest BCUT2D eigenvalue weighted by Crippen LogP contribution is 2.40. The summed E-state index contributed by atoms with van der Waals surface area (Å²) in [6.45, 7) is 2.74. The van der Waals surface area contributed by atoms with Gasteiger partial charge in [0.1, 0.15) is 11.5 Å². The number of thioether (sulfide) groups is 1. The summed E-state index contributed by atoms with van der Waals surface area (Å²) >= 11 is 1.74. The molecule has 8 nitrogen and oxygen atoms in total. The number of amides is 1. The minimum absolute atomic E-state index is 0.0696. The third-order valence-electron chi connectivity index (χ3n) is 7.06. The van der Waals surface area contributed by atoms with Gasteiger partial charge in [-0.25, -0.2) is 4.98 Å². The first kappa shape index (κ1) is 28.5. The van der Waals surface area contributed by atoms with E-state index in [2.05, 4.69) is 21.7 Å². The van der Waals surface area contributed by atoms with Crippen molar-refractivity contribution in [1.82, 2.24) is 10.3 Å². The molecule has 3 aromatic rings. The van der Waals surface area contributed by atoms with E-state index in [1.807, 2.05) is 37.4 Å². The Kier molecular flexibility index (Phi) is 10.3. The maximum Gasteiger partial charge on any atom is 0.305 e. The fraction of sp³-hybridized carbons (Fsp3) is 0.433. The second kappa shape index (κ2) is 14.1. The van der Waals surface area contributed by atoms with Crippen LogP contribution in [0.4, 0.5) is 5.69 Å². The largest absolute Gasteiger partial charge is 0.481 e. The molecule has 1 aliphatic carbocycles. The van der Waals surface area contributed by atoms with Gasteiger partial charge >= 0.3 is 5.97 Å². The van der Waals surface area contributed by atoms with Gasteiger partial charge in [0.2, 0.25) is 5.88 Å². The number of carboxylic acids is 1. The van der Waals surface area contributed by atoms with E-state index in [-0.39, 0.29) is 24.9 Å². The first-order valence-electron chi connectivity index (χ1n) is 13.5. The Bertz CT molecular complexity index is 1220. The average molecular weight is 552 g/mol. The van der Waals surface area contributed by atoms with Gasteiger partial charge < -0.3 is 24.9 Å². The molecule has 0 saturated heterocycles.